The number of fused-ring (bicyclic) bond motifs is 1. The first-order valence-corrected chi connectivity index (χ1v) is 12.2. The monoisotopic (exact) mass is 545 g/mol. The van der Waals surface area contributed by atoms with Gasteiger partial charge >= 0.3 is 6.36 Å². The van der Waals surface area contributed by atoms with Gasteiger partial charge < -0.3 is 24.8 Å². The van der Waals surface area contributed by atoms with Crippen molar-refractivity contribution in [2.75, 3.05) is 37.7 Å². The summed E-state index contributed by atoms with van der Waals surface area (Å²) in [6.07, 6.45) is -2.97. The molecule has 0 fully saturated rings. The van der Waals surface area contributed by atoms with E-state index in [1.165, 1.54) is 30.1 Å². The third kappa shape index (κ3) is 7.89. The van der Waals surface area contributed by atoms with Crippen molar-refractivity contribution in [3.05, 3.63) is 79.3 Å². The second-order valence-electron chi connectivity index (χ2n) is 7.98. The molecule has 4 rings (SSSR count). The van der Waals surface area contributed by atoms with Crippen LogP contribution in [0.4, 0.5) is 24.5 Å². The van der Waals surface area contributed by atoms with Crippen molar-refractivity contribution in [3.8, 4) is 16.9 Å². The van der Waals surface area contributed by atoms with Crippen LogP contribution in [-0.4, -0.2) is 43.6 Å². The van der Waals surface area contributed by atoms with Gasteiger partial charge in [0.05, 0.1) is 24.9 Å². The van der Waals surface area contributed by atoms with E-state index < -0.39 is 6.36 Å². The van der Waals surface area contributed by atoms with Gasteiger partial charge in [0, 0.05) is 34.8 Å². The van der Waals surface area contributed by atoms with E-state index in [1.54, 1.807) is 19.4 Å². The molecule has 4 aromatic rings. The minimum Gasteiger partial charge on any atom is -0.406 e. The second kappa shape index (κ2) is 12.7. The standard InChI is InChI=1S/C26H26F3N5O3S/c1-17(33-20-4-3-5-21(12-20)37-26(27,28)29)32-19-8-6-18(7-9-19)23-13-22(14-25-24(23)15-30-34-25)38-31-16-36-11-10-35-2/h3-9,12-15,31-33H,1,10-11,16H2,2H3,(H,30,34). The maximum absolute atomic E-state index is 12.5. The number of hydrogen-bond donors (Lipinski definition) is 4. The van der Waals surface area contributed by atoms with Gasteiger partial charge in [-0.1, -0.05) is 24.8 Å². The zero-order valence-electron chi connectivity index (χ0n) is 20.4. The Hall–Kier alpha value is -3.71. The van der Waals surface area contributed by atoms with Gasteiger partial charge in [-0.05, 0) is 59.5 Å². The zero-order chi connectivity index (χ0) is 27.0. The molecule has 8 nitrogen and oxygen atoms in total. The Bertz CT molecular complexity index is 1360. The van der Waals surface area contributed by atoms with E-state index in [1.807, 2.05) is 30.3 Å². The average Bonchev–Trinajstić information content (AvgIpc) is 3.34. The quantitative estimate of drug-likeness (QED) is 0.0879. The summed E-state index contributed by atoms with van der Waals surface area (Å²) in [5.74, 6) is 0.0655. The molecule has 0 aliphatic heterocycles. The number of methoxy groups -OCH3 is 1. The van der Waals surface area contributed by atoms with Crippen molar-refractivity contribution in [2.24, 2.45) is 0 Å². The lowest BCUT2D eigenvalue weighted by Gasteiger charge is -2.14. The number of H-pyrrole nitrogens is 1. The van der Waals surface area contributed by atoms with Gasteiger partial charge in [0.15, 0.2) is 0 Å². The van der Waals surface area contributed by atoms with E-state index in [-0.39, 0.29) is 5.75 Å². The highest BCUT2D eigenvalue weighted by molar-refractivity contribution is 7.97. The van der Waals surface area contributed by atoms with Gasteiger partial charge in [-0.3, -0.25) is 5.10 Å². The molecule has 0 spiro atoms. The fraction of sp³-hybridized carbons (Fsp3) is 0.192. The molecule has 0 aliphatic carbocycles. The van der Waals surface area contributed by atoms with Gasteiger partial charge in [-0.15, -0.1) is 13.2 Å². The van der Waals surface area contributed by atoms with Gasteiger partial charge in [0.2, 0.25) is 0 Å². The Balaban J connectivity index is 1.40. The molecule has 0 unspecified atom stereocenters. The summed E-state index contributed by atoms with van der Waals surface area (Å²) in [6, 6.07) is 17.3. The van der Waals surface area contributed by atoms with Gasteiger partial charge in [0.1, 0.15) is 18.3 Å². The van der Waals surface area contributed by atoms with E-state index in [0.29, 0.717) is 31.5 Å². The number of ether oxygens (including phenoxy) is 3. The maximum atomic E-state index is 12.5. The van der Waals surface area contributed by atoms with Crippen LogP contribution in [0.2, 0.25) is 0 Å². The lowest BCUT2D eigenvalue weighted by Crippen LogP contribution is -2.17. The minimum atomic E-state index is -4.76. The molecule has 12 heteroatoms. The van der Waals surface area contributed by atoms with Gasteiger partial charge in [-0.25, -0.2) is 4.72 Å². The van der Waals surface area contributed by atoms with Crippen molar-refractivity contribution in [3.63, 3.8) is 0 Å². The predicted molar refractivity (Wildman–Crippen MR) is 143 cm³/mol. The highest BCUT2D eigenvalue weighted by atomic mass is 32.2. The fourth-order valence-electron chi connectivity index (χ4n) is 3.58. The smallest absolute Gasteiger partial charge is 0.406 e. The second-order valence-corrected chi connectivity index (χ2v) is 8.94. The minimum absolute atomic E-state index is 0.320. The molecule has 0 radical (unpaired) electrons. The molecule has 38 heavy (non-hydrogen) atoms. The largest absolute Gasteiger partial charge is 0.573 e. The first-order valence-electron chi connectivity index (χ1n) is 11.4. The first-order chi connectivity index (χ1) is 18.3. The molecule has 1 aromatic heterocycles. The van der Waals surface area contributed by atoms with Gasteiger partial charge in [0.25, 0.3) is 0 Å². The molecule has 1 heterocycles. The Labute approximate surface area is 221 Å². The number of anilines is 2. The Morgan fingerprint density at radius 1 is 1.03 bits per heavy atom. The van der Waals surface area contributed by atoms with E-state index in [4.69, 9.17) is 9.47 Å². The number of halogens is 3. The summed E-state index contributed by atoms with van der Waals surface area (Å²) >= 11 is 1.45. The number of nitrogens with zero attached hydrogens (tertiary/aromatic N) is 1. The molecule has 0 saturated heterocycles. The molecular formula is C26H26F3N5O3S. The molecular weight excluding hydrogens is 519 g/mol. The number of alkyl halides is 3. The molecule has 4 N–H and O–H groups in total. The van der Waals surface area contributed by atoms with Crippen LogP contribution in [0.1, 0.15) is 0 Å². The molecule has 0 saturated carbocycles. The van der Waals surface area contributed by atoms with Crippen LogP contribution < -0.4 is 20.1 Å². The first kappa shape index (κ1) is 27.3. The topological polar surface area (TPSA) is 92.5 Å². The van der Waals surface area contributed by atoms with Crippen molar-refractivity contribution >= 4 is 34.2 Å². The van der Waals surface area contributed by atoms with Crippen LogP contribution in [0.15, 0.2) is 84.2 Å². The number of benzene rings is 3. The third-order valence-corrected chi connectivity index (χ3v) is 5.90. The summed E-state index contributed by atoms with van der Waals surface area (Å²) in [6.45, 7) is 5.33. The maximum Gasteiger partial charge on any atom is 0.573 e. The number of aromatic nitrogens is 2. The van der Waals surface area contributed by atoms with E-state index in [9.17, 15) is 13.2 Å². The third-order valence-electron chi connectivity index (χ3n) is 5.17. The SMILES string of the molecule is C=C(Nc1ccc(-c2cc(SNCOCCOC)cc3[nH]ncc23)cc1)Nc1cccc(OC(F)(F)F)c1. The summed E-state index contributed by atoms with van der Waals surface area (Å²) in [4.78, 5) is 0.989. The number of nitrogens with one attached hydrogen (secondary N) is 4. The normalized spacial score (nSPS) is 11.5. The summed E-state index contributed by atoms with van der Waals surface area (Å²) in [7, 11) is 1.63. The van der Waals surface area contributed by atoms with Crippen molar-refractivity contribution in [2.45, 2.75) is 11.3 Å². The summed E-state index contributed by atoms with van der Waals surface area (Å²) in [5, 5.41) is 14.2. The Kier molecular flexibility index (Phi) is 9.13. The molecule has 0 aliphatic rings. The Morgan fingerprint density at radius 3 is 2.58 bits per heavy atom. The molecule has 3 aromatic carbocycles. The van der Waals surface area contributed by atoms with E-state index in [2.05, 4.69) is 42.9 Å². The molecule has 200 valence electrons. The number of rotatable bonds is 13. The summed E-state index contributed by atoms with van der Waals surface area (Å²) < 4.78 is 55.0. The molecule has 0 atom stereocenters. The lowest BCUT2D eigenvalue weighted by atomic mass is 10.0. The highest BCUT2D eigenvalue weighted by Crippen LogP contribution is 2.33. The molecule has 0 bridgehead atoms. The van der Waals surface area contributed by atoms with Crippen molar-refractivity contribution in [1.29, 1.82) is 0 Å². The fourth-order valence-corrected chi connectivity index (χ4v) is 4.24. The van der Waals surface area contributed by atoms with Crippen LogP contribution in [-0.2, 0) is 9.47 Å². The van der Waals surface area contributed by atoms with Crippen molar-refractivity contribution in [1.82, 2.24) is 14.9 Å². The van der Waals surface area contributed by atoms with Crippen LogP contribution in [0.5, 0.6) is 5.75 Å². The van der Waals surface area contributed by atoms with E-state index >= 15 is 0 Å². The molecule has 0 amide bonds. The zero-order valence-corrected chi connectivity index (χ0v) is 21.2. The predicted octanol–water partition coefficient (Wildman–Crippen LogP) is 6.34. The van der Waals surface area contributed by atoms with E-state index in [0.717, 1.165) is 32.6 Å². The number of aromatic amines is 1. The van der Waals surface area contributed by atoms with Crippen LogP contribution in [0.25, 0.3) is 22.0 Å². The van der Waals surface area contributed by atoms with Gasteiger partial charge in [-0.2, -0.15) is 5.10 Å². The Morgan fingerprint density at radius 2 is 1.82 bits per heavy atom. The lowest BCUT2D eigenvalue weighted by molar-refractivity contribution is -0.274. The highest BCUT2D eigenvalue weighted by Gasteiger charge is 2.31. The van der Waals surface area contributed by atoms with Crippen molar-refractivity contribution < 1.29 is 27.4 Å². The summed E-state index contributed by atoms with van der Waals surface area (Å²) in [5.41, 5.74) is 4.04. The van der Waals surface area contributed by atoms with Crippen LogP contribution >= 0.6 is 11.9 Å². The van der Waals surface area contributed by atoms with Crippen LogP contribution in [0, 0.1) is 0 Å². The van der Waals surface area contributed by atoms with Crippen LogP contribution in [0.3, 0.4) is 0 Å². The number of hydrogen-bond acceptors (Lipinski definition) is 8. The average molecular weight is 546 g/mol.